The summed E-state index contributed by atoms with van der Waals surface area (Å²) >= 11 is 12.0. The number of unbranched alkanes of at least 4 members (excludes halogenated alkanes) is 2. The zero-order chi connectivity index (χ0) is 15.1. The van der Waals surface area contributed by atoms with Gasteiger partial charge in [0.2, 0.25) is 0 Å². The summed E-state index contributed by atoms with van der Waals surface area (Å²) in [5.74, 6) is 1.03. The van der Waals surface area contributed by atoms with Gasteiger partial charge in [0.05, 0.1) is 5.69 Å². The third-order valence-corrected chi connectivity index (χ3v) is 3.94. The Balaban J connectivity index is 1.70. The molecule has 1 aromatic heterocycles. The van der Waals surface area contributed by atoms with Crippen molar-refractivity contribution in [2.45, 2.75) is 39.0 Å². The van der Waals surface area contributed by atoms with Crippen molar-refractivity contribution in [1.29, 1.82) is 0 Å². The lowest BCUT2D eigenvalue weighted by Crippen LogP contribution is -1.87. The third-order valence-electron chi connectivity index (χ3n) is 3.36. The van der Waals surface area contributed by atoms with Crippen LogP contribution in [0.5, 0.6) is 0 Å². The Morgan fingerprint density at radius 1 is 1.24 bits per heavy atom. The van der Waals surface area contributed by atoms with Crippen LogP contribution in [0, 0.1) is 0 Å². The van der Waals surface area contributed by atoms with E-state index in [1.165, 1.54) is 5.56 Å². The van der Waals surface area contributed by atoms with Gasteiger partial charge in [-0.1, -0.05) is 42.3 Å². The maximum atomic E-state index is 6.16. The van der Waals surface area contributed by atoms with E-state index < -0.39 is 0 Å². The second kappa shape index (κ2) is 8.26. The molecule has 21 heavy (non-hydrogen) atoms. The summed E-state index contributed by atoms with van der Waals surface area (Å²) in [6, 6.07) is 5.71. The number of hydrogen-bond donors (Lipinski definition) is 1. The minimum absolute atomic E-state index is 0.692. The number of halogens is 2. The van der Waals surface area contributed by atoms with Crippen molar-refractivity contribution in [2.75, 3.05) is 0 Å². The van der Waals surface area contributed by atoms with Crippen LogP contribution in [0.15, 0.2) is 30.5 Å². The molecule has 112 valence electrons. The van der Waals surface area contributed by atoms with Gasteiger partial charge in [-0.25, -0.2) is 4.98 Å². The smallest absolute Gasteiger partial charge is 0.106 e. The van der Waals surface area contributed by atoms with Gasteiger partial charge >= 0.3 is 0 Å². The summed E-state index contributed by atoms with van der Waals surface area (Å²) in [6.45, 7) is 2.09. The van der Waals surface area contributed by atoms with Crippen molar-refractivity contribution in [2.24, 2.45) is 0 Å². The van der Waals surface area contributed by atoms with Crippen molar-refractivity contribution in [3.63, 3.8) is 0 Å². The van der Waals surface area contributed by atoms with Crippen LogP contribution < -0.4 is 0 Å². The molecule has 1 N–H and O–H groups in total. The van der Waals surface area contributed by atoms with Crippen molar-refractivity contribution < 1.29 is 0 Å². The standard InChI is InChI=1S/C17H20Cl2N2/c1-2-17-20-12-15(21-17)8-6-4-3-5-7-13-9-10-14(18)11-16(13)19/h6,8-12H,2-5,7H2,1H3,(H,20,21). The highest BCUT2D eigenvalue weighted by molar-refractivity contribution is 6.35. The van der Waals surface area contributed by atoms with E-state index in [1.54, 1.807) is 6.07 Å². The van der Waals surface area contributed by atoms with Gasteiger partial charge in [-0.05, 0) is 49.5 Å². The number of nitrogens with zero attached hydrogens (tertiary/aromatic N) is 1. The van der Waals surface area contributed by atoms with E-state index in [4.69, 9.17) is 23.2 Å². The minimum atomic E-state index is 0.692. The van der Waals surface area contributed by atoms with Crippen molar-refractivity contribution in [3.05, 3.63) is 57.6 Å². The third kappa shape index (κ3) is 5.22. The Hall–Kier alpha value is -1.25. The van der Waals surface area contributed by atoms with Crippen LogP contribution in [0.2, 0.25) is 10.0 Å². The van der Waals surface area contributed by atoms with Gasteiger partial charge in [-0.3, -0.25) is 0 Å². The second-order valence-corrected chi connectivity index (χ2v) is 5.85. The number of aromatic amines is 1. The molecule has 0 bridgehead atoms. The van der Waals surface area contributed by atoms with E-state index in [0.717, 1.165) is 48.6 Å². The number of allylic oxidation sites excluding steroid dienone is 1. The number of aromatic nitrogens is 2. The molecular weight excluding hydrogens is 303 g/mol. The molecule has 0 fully saturated rings. The summed E-state index contributed by atoms with van der Waals surface area (Å²) in [5, 5.41) is 1.46. The molecule has 0 atom stereocenters. The summed E-state index contributed by atoms with van der Waals surface area (Å²) in [4.78, 5) is 7.59. The Morgan fingerprint density at radius 2 is 2.10 bits per heavy atom. The van der Waals surface area contributed by atoms with Gasteiger partial charge in [0, 0.05) is 22.7 Å². The maximum Gasteiger partial charge on any atom is 0.106 e. The highest BCUT2D eigenvalue weighted by Crippen LogP contribution is 2.22. The molecule has 2 nitrogen and oxygen atoms in total. The van der Waals surface area contributed by atoms with E-state index >= 15 is 0 Å². The van der Waals surface area contributed by atoms with Crippen LogP contribution in [0.1, 0.15) is 43.3 Å². The lowest BCUT2D eigenvalue weighted by atomic mass is 10.1. The van der Waals surface area contributed by atoms with E-state index in [-0.39, 0.29) is 0 Å². The molecule has 0 aliphatic carbocycles. The molecule has 0 saturated heterocycles. The summed E-state index contributed by atoms with van der Waals surface area (Å²) in [5.41, 5.74) is 2.18. The van der Waals surface area contributed by atoms with Crippen molar-refractivity contribution in [3.8, 4) is 0 Å². The van der Waals surface area contributed by atoms with Gasteiger partial charge in [0.1, 0.15) is 5.82 Å². The predicted octanol–water partition coefficient (Wildman–Crippen LogP) is 5.71. The molecular formula is C17H20Cl2N2. The SMILES string of the molecule is CCc1nc(C=CCCCCc2ccc(Cl)cc2Cl)c[nH]1. The molecule has 0 saturated carbocycles. The average molecular weight is 323 g/mol. The molecule has 0 spiro atoms. The zero-order valence-corrected chi connectivity index (χ0v) is 13.7. The zero-order valence-electron chi connectivity index (χ0n) is 12.2. The molecule has 0 unspecified atom stereocenters. The molecule has 4 heteroatoms. The van der Waals surface area contributed by atoms with Crippen LogP contribution in [0.3, 0.4) is 0 Å². The number of H-pyrrole nitrogens is 1. The first-order valence-electron chi connectivity index (χ1n) is 7.34. The molecule has 1 heterocycles. The Bertz CT molecular complexity index is 603. The molecule has 0 aliphatic rings. The normalized spacial score (nSPS) is 11.4. The lowest BCUT2D eigenvalue weighted by molar-refractivity contribution is 0.749. The van der Waals surface area contributed by atoms with E-state index in [2.05, 4.69) is 29.0 Å². The van der Waals surface area contributed by atoms with E-state index in [1.807, 2.05) is 18.3 Å². The van der Waals surface area contributed by atoms with Gasteiger partial charge in [-0.15, -0.1) is 0 Å². The number of imidazole rings is 1. The highest BCUT2D eigenvalue weighted by Gasteiger charge is 2.00. The fourth-order valence-electron chi connectivity index (χ4n) is 2.15. The molecule has 0 amide bonds. The van der Waals surface area contributed by atoms with Crippen LogP contribution in [-0.4, -0.2) is 9.97 Å². The number of benzene rings is 1. The molecule has 1 aromatic carbocycles. The Labute approximate surface area is 136 Å². The fourth-order valence-corrected chi connectivity index (χ4v) is 2.65. The summed E-state index contributed by atoms with van der Waals surface area (Å²) < 4.78 is 0. The highest BCUT2D eigenvalue weighted by atomic mass is 35.5. The first-order valence-corrected chi connectivity index (χ1v) is 8.09. The Kier molecular flexibility index (Phi) is 6.34. The topological polar surface area (TPSA) is 28.7 Å². The van der Waals surface area contributed by atoms with Crippen LogP contribution in [0.25, 0.3) is 6.08 Å². The number of aryl methyl sites for hydroxylation is 2. The number of hydrogen-bond acceptors (Lipinski definition) is 1. The summed E-state index contributed by atoms with van der Waals surface area (Å²) in [7, 11) is 0. The van der Waals surface area contributed by atoms with Gasteiger partial charge in [0.25, 0.3) is 0 Å². The van der Waals surface area contributed by atoms with Crippen LogP contribution in [-0.2, 0) is 12.8 Å². The van der Waals surface area contributed by atoms with Crippen LogP contribution in [0.4, 0.5) is 0 Å². The van der Waals surface area contributed by atoms with Gasteiger partial charge < -0.3 is 4.98 Å². The van der Waals surface area contributed by atoms with E-state index in [9.17, 15) is 0 Å². The van der Waals surface area contributed by atoms with Gasteiger partial charge in [-0.2, -0.15) is 0 Å². The molecule has 0 aliphatic heterocycles. The monoisotopic (exact) mass is 322 g/mol. The average Bonchev–Trinajstić information content (AvgIpc) is 2.92. The van der Waals surface area contributed by atoms with E-state index in [0.29, 0.717) is 5.02 Å². The van der Waals surface area contributed by atoms with Gasteiger partial charge in [0.15, 0.2) is 0 Å². The van der Waals surface area contributed by atoms with Crippen molar-refractivity contribution >= 4 is 29.3 Å². The van der Waals surface area contributed by atoms with Crippen LogP contribution >= 0.6 is 23.2 Å². The predicted molar refractivity (Wildman–Crippen MR) is 91.0 cm³/mol. The number of nitrogens with one attached hydrogen (secondary N) is 1. The molecule has 0 radical (unpaired) electrons. The Morgan fingerprint density at radius 3 is 2.81 bits per heavy atom. The molecule has 2 rings (SSSR count). The summed E-state index contributed by atoms with van der Waals surface area (Å²) in [6.07, 6.45) is 11.4. The second-order valence-electron chi connectivity index (χ2n) is 5.01. The van der Waals surface area contributed by atoms with Crippen molar-refractivity contribution in [1.82, 2.24) is 9.97 Å². The molecule has 2 aromatic rings. The first kappa shape index (κ1) is 16.1. The number of rotatable bonds is 7. The largest absolute Gasteiger partial charge is 0.348 e. The maximum absolute atomic E-state index is 6.16. The minimum Gasteiger partial charge on any atom is -0.348 e. The first-order chi connectivity index (χ1) is 10.2. The lowest BCUT2D eigenvalue weighted by Gasteiger charge is -2.03. The fraction of sp³-hybridized carbons (Fsp3) is 0.353. The quantitative estimate of drug-likeness (QED) is 0.650.